The monoisotopic (exact) mass is 266 g/mol. The molecule has 19 heavy (non-hydrogen) atoms. The van der Waals surface area contributed by atoms with Gasteiger partial charge in [0, 0.05) is 30.1 Å². The summed E-state index contributed by atoms with van der Waals surface area (Å²) >= 11 is 0. The van der Waals surface area contributed by atoms with E-state index in [0.717, 1.165) is 30.7 Å². The van der Waals surface area contributed by atoms with Crippen molar-refractivity contribution in [3.63, 3.8) is 0 Å². The van der Waals surface area contributed by atoms with E-state index in [4.69, 9.17) is 10.5 Å². The molecule has 4 N–H and O–H groups in total. The van der Waals surface area contributed by atoms with Crippen molar-refractivity contribution in [1.29, 1.82) is 0 Å². The Hall–Kier alpha value is -1.42. The highest BCUT2D eigenvalue weighted by molar-refractivity contribution is 5.59. The Morgan fingerprint density at radius 2 is 2.00 bits per heavy atom. The molecule has 0 saturated carbocycles. The quantitative estimate of drug-likeness (QED) is 0.633. The van der Waals surface area contributed by atoms with Crippen LogP contribution in [0.1, 0.15) is 40.0 Å². The molecule has 0 amide bonds. The smallest absolute Gasteiger partial charge is 0.123 e. The van der Waals surface area contributed by atoms with Crippen molar-refractivity contribution >= 4 is 11.4 Å². The Morgan fingerprint density at radius 3 is 2.63 bits per heavy atom. The molecule has 1 unspecified atom stereocenters. The first-order valence-corrected chi connectivity index (χ1v) is 6.96. The number of nitrogens with one attached hydrogen (secondary N) is 1. The van der Waals surface area contributed by atoms with E-state index in [2.05, 4.69) is 19.2 Å². The fourth-order valence-electron chi connectivity index (χ4n) is 1.95. The third-order valence-electron chi connectivity index (χ3n) is 2.86. The first kappa shape index (κ1) is 15.6. The summed E-state index contributed by atoms with van der Waals surface area (Å²) in [7, 11) is 0. The molecule has 0 saturated heterocycles. The topological polar surface area (TPSA) is 67.5 Å². The van der Waals surface area contributed by atoms with E-state index >= 15 is 0 Å². The van der Waals surface area contributed by atoms with Gasteiger partial charge in [0.05, 0.1) is 12.2 Å². The van der Waals surface area contributed by atoms with Gasteiger partial charge in [-0.15, -0.1) is 0 Å². The van der Waals surface area contributed by atoms with Crippen LogP contribution in [0.3, 0.4) is 0 Å². The minimum Gasteiger partial charge on any atom is -0.493 e. The average molecular weight is 266 g/mol. The van der Waals surface area contributed by atoms with Crippen LogP contribution in [0.15, 0.2) is 18.2 Å². The number of rotatable bonds is 8. The van der Waals surface area contributed by atoms with E-state index in [-0.39, 0.29) is 0 Å². The predicted octanol–water partition coefficient (Wildman–Crippen LogP) is 3.02. The second-order valence-electron chi connectivity index (χ2n) is 5.24. The van der Waals surface area contributed by atoms with Gasteiger partial charge in [0.2, 0.25) is 0 Å². The molecule has 0 aliphatic carbocycles. The summed E-state index contributed by atoms with van der Waals surface area (Å²) in [5, 5.41) is 13.3. The van der Waals surface area contributed by atoms with Gasteiger partial charge in [0.25, 0.3) is 0 Å². The number of nitrogens with two attached hydrogens (primary N) is 1. The minimum absolute atomic E-state index is 0.498. The molecule has 0 bridgehead atoms. The molecule has 1 rings (SSSR count). The Bertz CT molecular complexity index is 392. The van der Waals surface area contributed by atoms with E-state index in [1.807, 2.05) is 25.1 Å². The molecule has 4 nitrogen and oxygen atoms in total. The van der Waals surface area contributed by atoms with Crippen molar-refractivity contribution < 1.29 is 9.84 Å². The van der Waals surface area contributed by atoms with Gasteiger partial charge in [-0.3, -0.25) is 0 Å². The van der Waals surface area contributed by atoms with Crippen LogP contribution in [-0.2, 0) is 0 Å². The molecular weight excluding hydrogens is 240 g/mol. The van der Waals surface area contributed by atoms with Crippen molar-refractivity contribution in [3.05, 3.63) is 18.2 Å². The van der Waals surface area contributed by atoms with E-state index in [1.54, 1.807) is 0 Å². The Labute approximate surface area is 116 Å². The van der Waals surface area contributed by atoms with Crippen molar-refractivity contribution in [2.24, 2.45) is 0 Å². The van der Waals surface area contributed by atoms with Crippen LogP contribution in [0.4, 0.5) is 11.4 Å². The number of benzene rings is 1. The molecule has 0 spiro atoms. The minimum atomic E-state index is -0.705. The second-order valence-corrected chi connectivity index (χ2v) is 5.24. The van der Waals surface area contributed by atoms with Crippen LogP contribution >= 0.6 is 0 Å². The highest BCUT2D eigenvalue weighted by atomic mass is 16.5. The van der Waals surface area contributed by atoms with E-state index in [1.165, 1.54) is 0 Å². The van der Waals surface area contributed by atoms with Crippen LogP contribution < -0.4 is 15.8 Å². The Balaban J connectivity index is 2.65. The molecule has 1 atom stereocenters. The number of nitrogen functional groups attached to an aromatic ring is 1. The van der Waals surface area contributed by atoms with Gasteiger partial charge in [-0.25, -0.2) is 0 Å². The lowest BCUT2D eigenvalue weighted by molar-refractivity contribution is 0.0637. The molecule has 0 radical (unpaired) electrons. The molecule has 0 aromatic heterocycles. The lowest BCUT2D eigenvalue weighted by atomic mass is 10.0. The van der Waals surface area contributed by atoms with Crippen LogP contribution in [-0.4, -0.2) is 23.9 Å². The van der Waals surface area contributed by atoms with Crippen molar-refractivity contribution in [2.75, 3.05) is 24.2 Å². The standard InChI is InChI=1S/C15H26N2O2/c1-4-6-15(3,18)11-17-13-8-12(16)9-14(10-13)19-7-5-2/h8-10,17-18H,4-7,11,16H2,1-3H3. The molecule has 0 aliphatic rings. The first-order chi connectivity index (χ1) is 8.96. The third-order valence-corrected chi connectivity index (χ3v) is 2.86. The van der Waals surface area contributed by atoms with Gasteiger partial charge in [-0.2, -0.15) is 0 Å². The zero-order chi connectivity index (χ0) is 14.3. The van der Waals surface area contributed by atoms with Gasteiger partial charge in [-0.1, -0.05) is 20.3 Å². The maximum absolute atomic E-state index is 10.1. The van der Waals surface area contributed by atoms with Crippen LogP contribution in [0, 0.1) is 0 Å². The van der Waals surface area contributed by atoms with E-state index in [9.17, 15) is 5.11 Å². The predicted molar refractivity (Wildman–Crippen MR) is 80.7 cm³/mol. The lowest BCUT2D eigenvalue weighted by Gasteiger charge is -2.23. The summed E-state index contributed by atoms with van der Waals surface area (Å²) in [5.41, 5.74) is 6.68. The summed E-state index contributed by atoms with van der Waals surface area (Å²) in [6.45, 7) is 7.14. The number of aliphatic hydroxyl groups is 1. The zero-order valence-electron chi connectivity index (χ0n) is 12.2. The average Bonchev–Trinajstić information content (AvgIpc) is 2.33. The largest absolute Gasteiger partial charge is 0.493 e. The first-order valence-electron chi connectivity index (χ1n) is 6.96. The highest BCUT2D eigenvalue weighted by Crippen LogP contribution is 2.23. The summed E-state index contributed by atoms with van der Waals surface area (Å²) in [6.07, 6.45) is 2.68. The van der Waals surface area contributed by atoms with Gasteiger partial charge < -0.3 is 20.9 Å². The van der Waals surface area contributed by atoms with E-state index in [0.29, 0.717) is 18.8 Å². The fraction of sp³-hybridized carbons (Fsp3) is 0.600. The summed E-state index contributed by atoms with van der Waals surface area (Å²) in [5.74, 6) is 0.763. The van der Waals surface area contributed by atoms with Gasteiger partial charge in [0.1, 0.15) is 5.75 Å². The summed E-state index contributed by atoms with van der Waals surface area (Å²) < 4.78 is 5.57. The van der Waals surface area contributed by atoms with Gasteiger partial charge in [0.15, 0.2) is 0 Å². The molecule has 1 aromatic carbocycles. The SMILES string of the molecule is CCCOc1cc(N)cc(NCC(C)(O)CCC)c1. The molecule has 108 valence electrons. The second kappa shape index (κ2) is 7.24. The van der Waals surface area contributed by atoms with Gasteiger partial charge >= 0.3 is 0 Å². The van der Waals surface area contributed by atoms with Gasteiger partial charge in [-0.05, 0) is 25.8 Å². The van der Waals surface area contributed by atoms with Crippen molar-refractivity contribution in [3.8, 4) is 5.75 Å². The van der Waals surface area contributed by atoms with Crippen LogP contribution in [0.5, 0.6) is 5.75 Å². The molecule has 4 heteroatoms. The number of ether oxygens (including phenoxy) is 1. The Morgan fingerprint density at radius 1 is 1.26 bits per heavy atom. The molecule has 0 fully saturated rings. The molecular formula is C15H26N2O2. The van der Waals surface area contributed by atoms with Crippen molar-refractivity contribution in [1.82, 2.24) is 0 Å². The number of hydrogen-bond acceptors (Lipinski definition) is 4. The lowest BCUT2D eigenvalue weighted by Crippen LogP contribution is -2.33. The normalized spacial score (nSPS) is 13.9. The third kappa shape index (κ3) is 5.83. The maximum atomic E-state index is 10.1. The molecule has 0 aliphatic heterocycles. The van der Waals surface area contributed by atoms with Crippen LogP contribution in [0.25, 0.3) is 0 Å². The van der Waals surface area contributed by atoms with Crippen LogP contribution in [0.2, 0.25) is 0 Å². The molecule has 0 heterocycles. The zero-order valence-corrected chi connectivity index (χ0v) is 12.2. The van der Waals surface area contributed by atoms with Crippen molar-refractivity contribution in [2.45, 2.75) is 45.6 Å². The number of hydrogen-bond donors (Lipinski definition) is 3. The molecule has 1 aromatic rings. The summed E-state index contributed by atoms with van der Waals surface area (Å²) in [4.78, 5) is 0. The fourth-order valence-corrected chi connectivity index (χ4v) is 1.95. The van der Waals surface area contributed by atoms with E-state index < -0.39 is 5.60 Å². The number of anilines is 2. The summed E-state index contributed by atoms with van der Waals surface area (Å²) in [6, 6.07) is 5.57. The Kier molecular flexibility index (Phi) is 5.96. The maximum Gasteiger partial charge on any atom is 0.123 e. The highest BCUT2D eigenvalue weighted by Gasteiger charge is 2.18.